The van der Waals surface area contributed by atoms with E-state index in [1.54, 1.807) is 26.0 Å². The van der Waals surface area contributed by atoms with Crippen molar-refractivity contribution in [2.24, 2.45) is 0 Å². The highest BCUT2D eigenvalue weighted by Crippen LogP contribution is 2.25. The van der Waals surface area contributed by atoms with Crippen LogP contribution >= 0.6 is 0 Å². The fraction of sp³-hybridized carbons (Fsp3) is 0.333. The van der Waals surface area contributed by atoms with E-state index in [0.29, 0.717) is 29.7 Å². The molecule has 0 bridgehead atoms. The standard InChI is InChI=1S/C24H24F2N4O4/c1-14-9-19-24(20(31)11-27-21(32)12-29-8-4-7-22(29)33)15(2)28-30(19)23(10-14)34-13-16-17(25)5-3-6-18(16)26/h3,5-6,9-10H,4,7-8,11-13H2,1-2H3,(H,27,32). The van der Waals surface area contributed by atoms with Crippen LogP contribution in [0, 0.1) is 25.5 Å². The Labute approximate surface area is 194 Å². The molecule has 1 aliphatic heterocycles. The van der Waals surface area contributed by atoms with Gasteiger partial charge in [0.1, 0.15) is 18.2 Å². The van der Waals surface area contributed by atoms with Crippen LogP contribution in [0.15, 0.2) is 30.3 Å². The Bertz CT molecular complexity index is 1270. The third-order valence-corrected chi connectivity index (χ3v) is 5.68. The molecule has 1 fully saturated rings. The van der Waals surface area contributed by atoms with E-state index in [1.807, 2.05) is 0 Å². The molecule has 0 spiro atoms. The lowest BCUT2D eigenvalue weighted by molar-refractivity contribution is -0.132. The first-order chi connectivity index (χ1) is 16.2. The average Bonchev–Trinajstić information content (AvgIpc) is 3.33. The van der Waals surface area contributed by atoms with E-state index >= 15 is 0 Å². The zero-order valence-corrected chi connectivity index (χ0v) is 18.9. The van der Waals surface area contributed by atoms with Crippen LogP contribution in [0.25, 0.3) is 5.52 Å². The zero-order valence-electron chi connectivity index (χ0n) is 18.9. The maximum atomic E-state index is 14.0. The number of pyridine rings is 1. The summed E-state index contributed by atoms with van der Waals surface area (Å²) >= 11 is 0. The van der Waals surface area contributed by atoms with Gasteiger partial charge in [-0.25, -0.2) is 13.3 Å². The number of aromatic nitrogens is 2. The molecule has 0 saturated carbocycles. The minimum atomic E-state index is -0.720. The molecule has 3 heterocycles. The summed E-state index contributed by atoms with van der Waals surface area (Å²) in [5, 5.41) is 6.93. The normalized spacial score (nSPS) is 13.5. The van der Waals surface area contributed by atoms with Crippen LogP contribution in [0.2, 0.25) is 0 Å². The van der Waals surface area contributed by atoms with Crippen molar-refractivity contribution in [1.29, 1.82) is 0 Å². The zero-order chi connectivity index (χ0) is 24.4. The number of nitrogens with zero attached hydrogens (tertiary/aromatic N) is 3. The molecule has 0 atom stereocenters. The summed E-state index contributed by atoms with van der Waals surface area (Å²) in [5.74, 6) is -2.06. The van der Waals surface area contributed by atoms with Crippen molar-refractivity contribution in [1.82, 2.24) is 19.8 Å². The third-order valence-electron chi connectivity index (χ3n) is 5.68. The highest BCUT2D eigenvalue weighted by atomic mass is 19.1. The van der Waals surface area contributed by atoms with Gasteiger partial charge in [0.2, 0.25) is 17.7 Å². The Balaban J connectivity index is 1.51. The molecule has 0 radical (unpaired) electrons. The quantitative estimate of drug-likeness (QED) is 0.511. The van der Waals surface area contributed by atoms with E-state index in [9.17, 15) is 23.2 Å². The molecule has 3 aromatic rings. The van der Waals surface area contributed by atoms with Crippen molar-refractivity contribution in [2.45, 2.75) is 33.3 Å². The smallest absolute Gasteiger partial charge is 0.240 e. The predicted octanol–water partition coefficient (Wildman–Crippen LogP) is 2.73. The van der Waals surface area contributed by atoms with Gasteiger partial charge >= 0.3 is 0 Å². The van der Waals surface area contributed by atoms with E-state index in [0.717, 1.165) is 24.1 Å². The second-order valence-electron chi connectivity index (χ2n) is 8.24. The number of carbonyl (C=O) groups excluding carboxylic acids is 3. The monoisotopic (exact) mass is 470 g/mol. The highest BCUT2D eigenvalue weighted by molar-refractivity contribution is 6.06. The van der Waals surface area contributed by atoms with Gasteiger partial charge in [-0.05, 0) is 44.0 Å². The third kappa shape index (κ3) is 4.75. The van der Waals surface area contributed by atoms with E-state index in [-0.39, 0.29) is 42.8 Å². The second kappa shape index (κ2) is 9.58. The van der Waals surface area contributed by atoms with Gasteiger partial charge in [-0.1, -0.05) is 6.07 Å². The number of carbonyl (C=O) groups is 3. The number of ketones is 1. The van der Waals surface area contributed by atoms with E-state index in [2.05, 4.69) is 10.4 Å². The molecule has 1 aliphatic rings. The summed E-state index contributed by atoms with van der Waals surface area (Å²) in [6.45, 7) is 3.29. The molecule has 2 aromatic heterocycles. The van der Waals surface area contributed by atoms with Crippen molar-refractivity contribution in [3.8, 4) is 5.88 Å². The molecule has 178 valence electrons. The van der Waals surface area contributed by atoms with Gasteiger partial charge in [-0.15, -0.1) is 0 Å². The van der Waals surface area contributed by atoms with Crippen LogP contribution in [0.1, 0.15) is 40.0 Å². The van der Waals surface area contributed by atoms with Gasteiger partial charge < -0.3 is 15.0 Å². The number of Topliss-reactive ketones (excluding diaryl/α,β-unsaturated/α-hetero) is 1. The largest absolute Gasteiger partial charge is 0.473 e. The van der Waals surface area contributed by atoms with E-state index < -0.39 is 17.5 Å². The van der Waals surface area contributed by atoms with Crippen molar-refractivity contribution >= 4 is 23.1 Å². The Kier molecular flexibility index (Phi) is 6.58. The van der Waals surface area contributed by atoms with Gasteiger partial charge in [-0.3, -0.25) is 14.4 Å². The van der Waals surface area contributed by atoms with Crippen molar-refractivity contribution in [3.63, 3.8) is 0 Å². The van der Waals surface area contributed by atoms with Crippen molar-refractivity contribution < 1.29 is 27.9 Å². The van der Waals surface area contributed by atoms with E-state index in [4.69, 9.17) is 4.74 Å². The number of nitrogens with one attached hydrogen (secondary N) is 1. The molecule has 0 unspecified atom stereocenters. The van der Waals surface area contributed by atoms with Crippen molar-refractivity contribution in [3.05, 3.63) is 64.4 Å². The minimum Gasteiger partial charge on any atom is -0.473 e. The summed E-state index contributed by atoms with van der Waals surface area (Å²) < 4.78 is 35.0. The number of hydrogen-bond acceptors (Lipinski definition) is 5. The lowest BCUT2D eigenvalue weighted by Crippen LogP contribution is -2.39. The molecule has 34 heavy (non-hydrogen) atoms. The fourth-order valence-corrected chi connectivity index (χ4v) is 3.99. The summed E-state index contributed by atoms with van der Waals surface area (Å²) in [5.41, 5.74) is 1.72. The summed E-state index contributed by atoms with van der Waals surface area (Å²) in [7, 11) is 0. The molecule has 1 aromatic carbocycles. The molecular weight excluding hydrogens is 446 g/mol. The van der Waals surface area contributed by atoms with Gasteiger partial charge in [0.05, 0.1) is 35.4 Å². The van der Waals surface area contributed by atoms with Crippen LogP contribution in [-0.2, 0) is 16.2 Å². The minimum absolute atomic E-state index is 0.0711. The number of fused-ring (bicyclic) bond motifs is 1. The van der Waals surface area contributed by atoms with Gasteiger partial charge in [0, 0.05) is 19.0 Å². The lowest BCUT2D eigenvalue weighted by Gasteiger charge is -2.14. The lowest BCUT2D eigenvalue weighted by atomic mass is 10.1. The van der Waals surface area contributed by atoms with Crippen LogP contribution in [0.4, 0.5) is 8.78 Å². The molecule has 0 aliphatic carbocycles. The second-order valence-corrected chi connectivity index (χ2v) is 8.24. The number of benzene rings is 1. The first-order valence-electron chi connectivity index (χ1n) is 10.9. The van der Waals surface area contributed by atoms with Gasteiger partial charge in [0.15, 0.2) is 5.78 Å². The molecule has 2 amide bonds. The molecule has 8 nitrogen and oxygen atoms in total. The summed E-state index contributed by atoms with van der Waals surface area (Å²) in [6, 6.07) is 6.97. The number of hydrogen-bond donors (Lipinski definition) is 1. The fourth-order valence-electron chi connectivity index (χ4n) is 3.99. The number of ether oxygens (including phenoxy) is 1. The molecule has 10 heteroatoms. The Hall–Kier alpha value is -3.82. The topological polar surface area (TPSA) is 93.0 Å². The number of aryl methyl sites for hydroxylation is 2. The number of rotatable bonds is 8. The molecular formula is C24H24F2N4O4. The number of halogens is 2. The van der Waals surface area contributed by atoms with Crippen molar-refractivity contribution in [2.75, 3.05) is 19.6 Å². The van der Waals surface area contributed by atoms with Gasteiger partial charge in [0.25, 0.3) is 0 Å². The van der Waals surface area contributed by atoms with Crippen LogP contribution in [-0.4, -0.2) is 51.7 Å². The average molecular weight is 470 g/mol. The van der Waals surface area contributed by atoms with Crippen LogP contribution in [0.3, 0.4) is 0 Å². The van der Waals surface area contributed by atoms with Crippen LogP contribution < -0.4 is 10.1 Å². The van der Waals surface area contributed by atoms with Crippen LogP contribution in [0.5, 0.6) is 5.88 Å². The maximum absolute atomic E-state index is 14.0. The van der Waals surface area contributed by atoms with Gasteiger partial charge in [-0.2, -0.15) is 5.10 Å². The molecule has 1 saturated heterocycles. The maximum Gasteiger partial charge on any atom is 0.240 e. The van der Waals surface area contributed by atoms with E-state index in [1.165, 1.54) is 15.5 Å². The highest BCUT2D eigenvalue weighted by Gasteiger charge is 2.24. The first kappa shape index (κ1) is 23.3. The molecule has 4 rings (SSSR count). The Morgan fingerprint density at radius 2 is 1.91 bits per heavy atom. The predicted molar refractivity (Wildman–Crippen MR) is 119 cm³/mol. The Morgan fingerprint density at radius 1 is 1.18 bits per heavy atom. The number of amides is 2. The molecule has 1 N–H and O–H groups in total. The summed E-state index contributed by atoms with van der Waals surface area (Å²) in [6.07, 6.45) is 1.15. The SMILES string of the molecule is Cc1cc(OCc2c(F)cccc2F)n2nc(C)c(C(=O)CNC(=O)CN3CCCC3=O)c2c1. The first-order valence-corrected chi connectivity index (χ1v) is 10.9. The Morgan fingerprint density at radius 3 is 2.59 bits per heavy atom. The number of likely N-dealkylation sites (tertiary alicyclic amines) is 1. The summed E-state index contributed by atoms with van der Waals surface area (Å²) in [4.78, 5) is 38.3.